The van der Waals surface area contributed by atoms with E-state index in [-0.39, 0.29) is 11.4 Å². The van der Waals surface area contributed by atoms with Gasteiger partial charge in [-0.05, 0) is 23.4 Å². The third-order valence-electron chi connectivity index (χ3n) is 2.77. The third-order valence-corrected chi connectivity index (χ3v) is 2.77. The maximum atomic E-state index is 12.1. The standard InChI is InChI=1S/C12H13F3N6O2/c1-7(10-18-19-20-21(10)2)17-11(22)8-3-4-16-9(5-8)23-6-12(13,14)15/h3-5,7H,6H2,1-2H3,(H,17,22)/t7-/m0/s1. The molecule has 0 radical (unpaired) electrons. The van der Waals surface area contributed by atoms with Crippen LogP contribution in [-0.2, 0) is 7.05 Å². The Balaban J connectivity index is 2.03. The van der Waals surface area contributed by atoms with E-state index in [0.29, 0.717) is 5.82 Å². The first kappa shape index (κ1) is 16.6. The molecule has 124 valence electrons. The van der Waals surface area contributed by atoms with Crippen LogP contribution in [-0.4, -0.2) is 43.9 Å². The van der Waals surface area contributed by atoms with Crippen LogP contribution in [0, 0.1) is 0 Å². The van der Waals surface area contributed by atoms with Crippen molar-refractivity contribution >= 4 is 5.91 Å². The molecule has 0 bridgehead atoms. The second-order valence-electron chi connectivity index (χ2n) is 4.64. The number of aromatic nitrogens is 5. The Morgan fingerprint density at radius 1 is 1.48 bits per heavy atom. The van der Waals surface area contributed by atoms with Gasteiger partial charge in [-0.25, -0.2) is 9.67 Å². The summed E-state index contributed by atoms with van der Waals surface area (Å²) in [5, 5.41) is 13.5. The zero-order valence-electron chi connectivity index (χ0n) is 12.2. The maximum Gasteiger partial charge on any atom is 0.422 e. The Bertz CT molecular complexity index is 687. The molecule has 0 saturated heterocycles. The monoisotopic (exact) mass is 330 g/mol. The van der Waals surface area contributed by atoms with Crippen LogP contribution < -0.4 is 10.1 Å². The predicted octanol–water partition coefficient (Wildman–Crippen LogP) is 1.04. The highest BCUT2D eigenvalue weighted by Crippen LogP contribution is 2.18. The van der Waals surface area contributed by atoms with E-state index in [1.165, 1.54) is 16.9 Å². The Hall–Kier alpha value is -2.72. The number of tetrazole rings is 1. The molecule has 1 N–H and O–H groups in total. The molecule has 0 saturated carbocycles. The Kier molecular flexibility index (Phi) is 4.77. The van der Waals surface area contributed by atoms with E-state index < -0.39 is 24.7 Å². The molecule has 1 atom stereocenters. The van der Waals surface area contributed by atoms with Gasteiger partial charge in [-0.15, -0.1) is 5.10 Å². The van der Waals surface area contributed by atoms with Crippen LogP contribution in [0.2, 0.25) is 0 Å². The molecule has 0 aliphatic heterocycles. The minimum Gasteiger partial charge on any atom is -0.468 e. The summed E-state index contributed by atoms with van der Waals surface area (Å²) in [7, 11) is 1.62. The zero-order valence-corrected chi connectivity index (χ0v) is 12.2. The van der Waals surface area contributed by atoms with Gasteiger partial charge < -0.3 is 10.1 Å². The highest BCUT2D eigenvalue weighted by molar-refractivity contribution is 5.94. The molecule has 2 rings (SSSR count). The Morgan fingerprint density at radius 2 is 2.22 bits per heavy atom. The van der Waals surface area contributed by atoms with E-state index in [1.54, 1.807) is 14.0 Å². The van der Waals surface area contributed by atoms with Crippen LogP contribution in [0.1, 0.15) is 29.1 Å². The lowest BCUT2D eigenvalue weighted by molar-refractivity contribution is -0.154. The number of hydrogen-bond acceptors (Lipinski definition) is 6. The van der Waals surface area contributed by atoms with Crippen molar-refractivity contribution in [3.8, 4) is 5.88 Å². The van der Waals surface area contributed by atoms with Gasteiger partial charge in [0, 0.05) is 24.9 Å². The van der Waals surface area contributed by atoms with Gasteiger partial charge in [-0.3, -0.25) is 4.79 Å². The van der Waals surface area contributed by atoms with Crippen molar-refractivity contribution in [3.05, 3.63) is 29.7 Å². The maximum absolute atomic E-state index is 12.1. The number of rotatable bonds is 5. The molecule has 11 heteroatoms. The van der Waals surface area contributed by atoms with Crippen molar-refractivity contribution in [2.75, 3.05) is 6.61 Å². The normalized spacial score (nSPS) is 12.7. The number of halogens is 3. The van der Waals surface area contributed by atoms with Crippen molar-refractivity contribution in [1.29, 1.82) is 0 Å². The average Bonchev–Trinajstić information content (AvgIpc) is 2.91. The van der Waals surface area contributed by atoms with Crippen LogP contribution in [0.15, 0.2) is 18.3 Å². The number of nitrogens with zero attached hydrogens (tertiary/aromatic N) is 5. The van der Waals surface area contributed by atoms with Gasteiger partial charge >= 0.3 is 6.18 Å². The molecule has 23 heavy (non-hydrogen) atoms. The van der Waals surface area contributed by atoms with Crippen LogP contribution in [0.3, 0.4) is 0 Å². The number of aryl methyl sites for hydroxylation is 1. The van der Waals surface area contributed by atoms with Crippen LogP contribution >= 0.6 is 0 Å². The Labute approximate surface area is 128 Å². The lowest BCUT2D eigenvalue weighted by Crippen LogP contribution is -2.28. The first-order valence-electron chi connectivity index (χ1n) is 6.45. The molecule has 0 aliphatic rings. The molecular formula is C12H13F3N6O2. The number of alkyl halides is 3. The topological polar surface area (TPSA) is 94.8 Å². The van der Waals surface area contributed by atoms with E-state index in [4.69, 9.17) is 0 Å². The van der Waals surface area contributed by atoms with Gasteiger partial charge in [0.05, 0.1) is 6.04 Å². The number of carbonyl (C=O) groups is 1. The van der Waals surface area contributed by atoms with Gasteiger partial charge in [0.15, 0.2) is 12.4 Å². The minimum atomic E-state index is -4.48. The summed E-state index contributed by atoms with van der Waals surface area (Å²) < 4.78 is 42.2. The molecule has 1 amide bonds. The molecule has 0 fully saturated rings. The van der Waals surface area contributed by atoms with Crippen molar-refractivity contribution in [2.24, 2.45) is 7.05 Å². The van der Waals surface area contributed by atoms with E-state index in [1.807, 2.05) is 0 Å². The zero-order chi connectivity index (χ0) is 17.0. The highest BCUT2D eigenvalue weighted by Gasteiger charge is 2.28. The summed E-state index contributed by atoms with van der Waals surface area (Å²) >= 11 is 0. The number of pyridine rings is 1. The first-order chi connectivity index (χ1) is 10.8. The van der Waals surface area contributed by atoms with Crippen LogP contribution in [0.5, 0.6) is 5.88 Å². The van der Waals surface area contributed by atoms with Gasteiger partial charge in [0.25, 0.3) is 5.91 Å². The summed E-state index contributed by atoms with van der Waals surface area (Å²) in [6.45, 7) is 0.192. The number of hydrogen-bond donors (Lipinski definition) is 1. The molecule has 2 aromatic rings. The summed E-state index contributed by atoms with van der Waals surface area (Å²) in [5.41, 5.74) is 0.110. The minimum absolute atomic E-state index is 0.110. The van der Waals surface area contributed by atoms with Crippen LogP contribution in [0.4, 0.5) is 13.2 Å². The lowest BCUT2D eigenvalue weighted by atomic mass is 10.2. The summed E-state index contributed by atoms with van der Waals surface area (Å²) in [6, 6.07) is 2.00. The summed E-state index contributed by atoms with van der Waals surface area (Å²) in [4.78, 5) is 15.7. The van der Waals surface area contributed by atoms with E-state index in [0.717, 1.165) is 6.07 Å². The molecule has 2 heterocycles. The van der Waals surface area contributed by atoms with Crippen LogP contribution in [0.25, 0.3) is 0 Å². The fourth-order valence-electron chi connectivity index (χ4n) is 1.73. The molecule has 0 aliphatic carbocycles. The first-order valence-corrected chi connectivity index (χ1v) is 6.45. The fraction of sp³-hybridized carbons (Fsp3) is 0.417. The number of amides is 1. The van der Waals surface area contributed by atoms with Gasteiger partial charge in [-0.2, -0.15) is 13.2 Å². The van der Waals surface area contributed by atoms with E-state index >= 15 is 0 Å². The van der Waals surface area contributed by atoms with Gasteiger partial charge in [0.2, 0.25) is 5.88 Å². The molecule has 8 nitrogen and oxygen atoms in total. The van der Waals surface area contributed by atoms with E-state index in [9.17, 15) is 18.0 Å². The molecule has 2 aromatic heterocycles. The largest absolute Gasteiger partial charge is 0.468 e. The average molecular weight is 330 g/mol. The molecule has 0 unspecified atom stereocenters. The second kappa shape index (κ2) is 6.58. The van der Waals surface area contributed by atoms with E-state index in [2.05, 4.69) is 30.6 Å². The summed E-state index contributed by atoms with van der Waals surface area (Å²) in [5.74, 6) is -0.372. The highest BCUT2D eigenvalue weighted by atomic mass is 19.4. The molecule has 0 spiro atoms. The second-order valence-corrected chi connectivity index (χ2v) is 4.64. The van der Waals surface area contributed by atoms with Crippen molar-refractivity contribution in [2.45, 2.75) is 19.1 Å². The smallest absolute Gasteiger partial charge is 0.422 e. The number of ether oxygens (including phenoxy) is 1. The predicted molar refractivity (Wildman–Crippen MR) is 70.5 cm³/mol. The Morgan fingerprint density at radius 3 is 2.83 bits per heavy atom. The fourth-order valence-corrected chi connectivity index (χ4v) is 1.73. The number of nitrogens with one attached hydrogen (secondary N) is 1. The van der Waals surface area contributed by atoms with Gasteiger partial charge in [-0.1, -0.05) is 0 Å². The van der Waals surface area contributed by atoms with Gasteiger partial charge in [0.1, 0.15) is 0 Å². The summed E-state index contributed by atoms with van der Waals surface area (Å²) in [6.07, 6.45) is -3.29. The SMILES string of the molecule is C[C@H](NC(=O)c1ccnc(OCC(F)(F)F)c1)c1nnnn1C. The third kappa shape index (κ3) is 4.63. The molecule has 0 aromatic carbocycles. The molecular weight excluding hydrogens is 317 g/mol. The van der Waals surface area contributed by atoms with Crippen molar-refractivity contribution in [1.82, 2.24) is 30.5 Å². The lowest BCUT2D eigenvalue weighted by Gasteiger charge is -2.13. The number of carbonyl (C=O) groups excluding carboxylic acids is 1. The quantitative estimate of drug-likeness (QED) is 0.880. The van der Waals surface area contributed by atoms with Crippen molar-refractivity contribution in [3.63, 3.8) is 0 Å². The van der Waals surface area contributed by atoms with Crippen molar-refractivity contribution < 1.29 is 22.7 Å².